The van der Waals surface area contributed by atoms with Crippen LogP contribution in [0.1, 0.15) is 11.4 Å². The number of aryl methyl sites for hydroxylation is 1. The van der Waals surface area contributed by atoms with Crippen LogP contribution in [0.15, 0.2) is 30.5 Å². The zero-order valence-electron chi connectivity index (χ0n) is 12.5. The lowest BCUT2D eigenvalue weighted by Gasteiger charge is -2.35. The highest BCUT2D eigenvalue weighted by molar-refractivity contribution is 6.30. The Hall–Kier alpha value is -1.85. The Morgan fingerprint density at radius 1 is 1.18 bits per heavy atom. The van der Waals surface area contributed by atoms with Gasteiger partial charge in [0, 0.05) is 43.9 Å². The SMILES string of the molecule is Cc1nccc(N2CCN(Cc3cc(O)cc(Cl)c3)CC2)n1. The summed E-state index contributed by atoms with van der Waals surface area (Å²) in [5, 5.41) is 10.2. The minimum atomic E-state index is 0.220. The molecule has 0 aliphatic carbocycles. The first kappa shape index (κ1) is 15.1. The molecule has 1 fully saturated rings. The summed E-state index contributed by atoms with van der Waals surface area (Å²) in [6.45, 7) is 6.48. The van der Waals surface area contributed by atoms with Crippen LogP contribution in [0.2, 0.25) is 5.02 Å². The number of rotatable bonds is 3. The van der Waals surface area contributed by atoms with E-state index in [9.17, 15) is 5.11 Å². The molecular formula is C16H19ClN4O. The summed E-state index contributed by atoms with van der Waals surface area (Å²) < 4.78 is 0. The van der Waals surface area contributed by atoms with Crippen molar-refractivity contribution in [1.82, 2.24) is 14.9 Å². The minimum Gasteiger partial charge on any atom is -0.508 e. The third kappa shape index (κ3) is 3.67. The molecule has 1 aromatic carbocycles. The third-order valence-corrected chi connectivity index (χ3v) is 4.02. The lowest BCUT2D eigenvalue weighted by molar-refractivity contribution is 0.249. The van der Waals surface area contributed by atoms with Crippen LogP contribution in [0, 0.1) is 6.92 Å². The molecule has 116 valence electrons. The average Bonchev–Trinajstić information content (AvgIpc) is 2.47. The number of nitrogens with zero attached hydrogens (tertiary/aromatic N) is 4. The van der Waals surface area contributed by atoms with E-state index in [-0.39, 0.29) is 5.75 Å². The second kappa shape index (κ2) is 6.50. The molecule has 1 aliphatic heterocycles. The molecule has 1 aliphatic rings. The van der Waals surface area contributed by atoms with E-state index in [0.717, 1.165) is 49.9 Å². The zero-order valence-corrected chi connectivity index (χ0v) is 13.3. The summed E-state index contributed by atoms with van der Waals surface area (Å²) in [5.74, 6) is 2.01. The molecule has 3 rings (SSSR count). The molecule has 1 saturated heterocycles. The quantitative estimate of drug-likeness (QED) is 0.942. The number of aromatic nitrogens is 2. The molecule has 2 heterocycles. The van der Waals surface area contributed by atoms with Crippen molar-refractivity contribution in [3.05, 3.63) is 46.9 Å². The Morgan fingerprint density at radius 3 is 2.64 bits per heavy atom. The summed E-state index contributed by atoms with van der Waals surface area (Å²) in [6, 6.07) is 7.19. The molecule has 5 nitrogen and oxygen atoms in total. The van der Waals surface area contributed by atoms with E-state index in [0.29, 0.717) is 5.02 Å². The highest BCUT2D eigenvalue weighted by Gasteiger charge is 2.18. The van der Waals surface area contributed by atoms with Crippen molar-refractivity contribution in [2.75, 3.05) is 31.1 Å². The number of phenols is 1. The molecule has 22 heavy (non-hydrogen) atoms. The number of phenolic OH excluding ortho intramolecular Hbond substituents is 1. The molecule has 6 heteroatoms. The van der Waals surface area contributed by atoms with Gasteiger partial charge in [0.2, 0.25) is 0 Å². The fourth-order valence-electron chi connectivity index (χ4n) is 2.74. The molecule has 0 saturated carbocycles. The van der Waals surface area contributed by atoms with E-state index in [4.69, 9.17) is 11.6 Å². The van der Waals surface area contributed by atoms with Crippen LogP contribution in [0.5, 0.6) is 5.75 Å². The maximum Gasteiger partial charge on any atom is 0.132 e. The summed E-state index contributed by atoms with van der Waals surface area (Å²) in [4.78, 5) is 13.2. The highest BCUT2D eigenvalue weighted by Crippen LogP contribution is 2.21. The van der Waals surface area contributed by atoms with E-state index in [1.165, 1.54) is 0 Å². The number of anilines is 1. The Balaban J connectivity index is 1.60. The van der Waals surface area contributed by atoms with Crippen LogP contribution >= 0.6 is 11.6 Å². The first-order valence-electron chi connectivity index (χ1n) is 7.35. The summed E-state index contributed by atoms with van der Waals surface area (Å²) in [7, 11) is 0. The first-order valence-corrected chi connectivity index (χ1v) is 7.73. The Bertz CT molecular complexity index is 636. The van der Waals surface area contributed by atoms with E-state index in [1.54, 1.807) is 18.3 Å². The van der Waals surface area contributed by atoms with Gasteiger partial charge in [0.15, 0.2) is 0 Å². The van der Waals surface area contributed by atoms with Crippen molar-refractivity contribution in [1.29, 1.82) is 0 Å². The normalized spacial score (nSPS) is 16.0. The molecule has 0 amide bonds. The standard InChI is InChI=1S/C16H19ClN4O/c1-12-18-3-2-16(19-12)21-6-4-20(5-7-21)11-13-8-14(17)10-15(22)9-13/h2-3,8-10,22H,4-7,11H2,1H3. The van der Waals surface area contributed by atoms with Crippen molar-refractivity contribution in [2.24, 2.45) is 0 Å². The van der Waals surface area contributed by atoms with Crippen LogP contribution in [0.4, 0.5) is 5.82 Å². The summed E-state index contributed by atoms with van der Waals surface area (Å²) >= 11 is 5.98. The van der Waals surface area contributed by atoms with Crippen LogP contribution in [-0.2, 0) is 6.54 Å². The molecule has 0 spiro atoms. The maximum absolute atomic E-state index is 9.61. The predicted molar refractivity (Wildman–Crippen MR) is 87.4 cm³/mol. The molecule has 1 N–H and O–H groups in total. The van der Waals surface area contributed by atoms with Gasteiger partial charge in [-0.2, -0.15) is 0 Å². The van der Waals surface area contributed by atoms with Crippen molar-refractivity contribution >= 4 is 17.4 Å². The average molecular weight is 319 g/mol. The van der Waals surface area contributed by atoms with E-state index in [2.05, 4.69) is 19.8 Å². The zero-order chi connectivity index (χ0) is 15.5. The van der Waals surface area contributed by atoms with Gasteiger partial charge in [-0.1, -0.05) is 11.6 Å². The van der Waals surface area contributed by atoms with Gasteiger partial charge in [0.25, 0.3) is 0 Å². The van der Waals surface area contributed by atoms with Gasteiger partial charge in [-0.3, -0.25) is 4.90 Å². The van der Waals surface area contributed by atoms with Gasteiger partial charge in [-0.15, -0.1) is 0 Å². The summed E-state index contributed by atoms with van der Waals surface area (Å²) in [5.41, 5.74) is 1.04. The topological polar surface area (TPSA) is 52.5 Å². The molecule has 0 unspecified atom stereocenters. The van der Waals surface area contributed by atoms with Crippen molar-refractivity contribution in [3.63, 3.8) is 0 Å². The van der Waals surface area contributed by atoms with Crippen LogP contribution in [-0.4, -0.2) is 46.2 Å². The van der Waals surface area contributed by atoms with Gasteiger partial charge in [0.05, 0.1) is 0 Å². The van der Waals surface area contributed by atoms with Crippen molar-refractivity contribution in [2.45, 2.75) is 13.5 Å². The van der Waals surface area contributed by atoms with Crippen molar-refractivity contribution < 1.29 is 5.11 Å². The van der Waals surface area contributed by atoms with Crippen molar-refractivity contribution in [3.8, 4) is 5.75 Å². The molecule has 0 atom stereocenters. The van der Waals surface area contributed by atoms with Crippen LogP contribution in [0.3, 0.4) is 0 Å². The Labute approximate surface area is 135 Å². The lowest BCUT2D eigenvalue weighted by Crippen LogP contribution is -2.46. The van der Waals surface area contributed by atoms with E-state index >= 15 is 0 Å². The largest absolute Gasteiger partial charge is 0.508 e. The molecular weight excluding hydrogens is 300 g/mol. The second-order valence-corrected chi connectivity index (χ2v) is 5.98. The van der Waals surface area contributed by atoms with Gasteiger partial charge >= 0.3 is 0 Å². The summed E-state index contributed by atoms with van der Waals surface area (Å²) in [6.07, 6.45) is 1.80. The second-order valence-electron chi connectivity index (χ2n) is 5.54. The minimum absolute atomic E-state index is 0.220. The van der Waals surface area contributed by atoms with Crippen LogP contribution in [0.25, 0.3) is 0 Å². The number of hydrogen-bond donors (Lipinski definition) is 1. The van der Waals surface area contributed by atoms with Gasteiger partial charge < -0.3 is 10.0 Å². The maximum atomic E-state index is 9.61. The first-order chi connectivity index (χ1) is 10.6. The molecule has 2 aromatic rings. The number of piperazine rings is 1. The van der Waals surface area contributed by atoms with Gasteiger partial charge in [-0.05, 0) is 36.8 Å². The smallest absolute Gasteiger partial charge is 0.132 e. The van der Waals surface area contributed by atoms with Crippen LogP contribution < -0.4 is 4.90 Å². The lowest BCUT2D eigenvalue weighted by atomic mass is 10.2. The molecule has 0 bridgehead atoms. The number of hydrogen-bond acceptors (Lipinski definition) is 5. The molecule has 0 radical (unpaired) electrons. The number of aromatic hydroxyl groups is 1. The Kier molecular flexibility index (Phi) is 4.45. The predicted octanol–water partition coefficient (Wildman–Crippen LogP) is 2.47. The van der Waals surface area contributed by atoms with E-state index < -0.39 is 0 Å². The number of halogens is 1. The number of benzene rings is 1. The highest BCUT2D eigenvalue weighted by atomic mass is 35.5. The molecule has 1 aromatic heterocycles. The monoisotopic (exact) mass is 318 g/mol. The fraction of sp³-hybridized carbons (Fsp3) is 0.375. The Morgan fingerprint density at radius 2 is 1.95 bits per heavy atom. The fourth-order valence-corrected chi connectivity index (χ4v) is 2.99. The van der Waals surface area contributed by atoms with Gasteiger partial charge in [-0.25, -0.2) is 9.97 Å². The van der Waals surface area contributed by atoms with Gasteiger partial charge in [0.1, 0.15) is 17.4 Å². The third-order valence-electron chi connectivity index (χ3n) is 3.81. The van der Waals surface area contributed by atoms with E-state index in [1.807, 2.05) is 19.1 Å².